The van der Waals surface area contributed by atoms with Gasteiger partial charge in [0, 0.05) is 13.0 Å². The van der Waals surface area contributed by atoms with Crippen LogP contribution in [0.4, 0.5) is 11.4 Å². The van der Waals surface area contributed by atoms with Crippen molar-refractivity contribution in [3.8, 4) is 5.75 Å². The first-order chi connectivity index (χ1) is 11.0. The third kappa shape index (κ3) is 4.78. The van der Waals surface area contributed by atoms with E-state index >= 15 is 0 Å². The van der Waals surface area contributed by atoms with Gasteiger partial charge in [-0.2, -0.15) is 0 Å². The van der Waals surface area contributed by atoms with Gasteiger partial charge in [-0.15, -0.1) is 0 Å². The van der Waals surface area contributed by atoms with E-state index in [0.717, 1.165) is 5.56 Å². The Hall–Kier alpha value is -1.91. The second-order valence-corrected chi connectivity index (χ2v) is 5.82. The van der Waals surface area contributed by atoms with Crippen LogP contribution in [0.2, 0.25) is 10.0 Å². The third-order valence-corrected chi connectivity index (χ3v) is 4.07. The number of ether oxygens (including phenoxy) is 1. The second-order valence-electron chi connectivity index (χ2n) is 5.03. The van der Waals surface area contributed by atoms with Crippen molar-refractivity contribution in [2.24, 2.45) is 0 Å². The Bertz CT molecular complexity index is 705. The first kappa shape index (κ1) is 17.4. The zero-order chi connectivity index (χ0) is 16.8. The van der Waals surface area contributed by atoms with Crippen LogP contribution in [0.1, 0.15) is 12.0 Å². The van der Waals surface area contributed by atoms with Gasteiger partial charge in [0.2, 0.25) is 5.91 Å². The number of rotatable bonds is 6. The molecule has 23 heavy (non-hydrogen) atoms. The monoisotopic (exact) mass is 352 g/mol. The van der Waals surface area contributed by atoms with Crippen LogP contribution in [-0.4, -0.2) is 19.6 Å². The van der Waals surface area contributed by atoms with E-state index in [1.165, 1.54) is 0 Å². The van der Waals surface area contributed by atoms with Crippen molar-refractivity contribution in [1.82, 2.24) is 0 Å². The number of methoxy groups -OCH3 is 1. The Labute approximate surface area is 145 Å². The SMILES string of the molecule is COc1ccc(C)cc1NC(=O)CCNc1cccc(Cl)c1Cl. The molecule has 2 N–H and O–H groups in total. The predicted molar refractivity (Wildman–Crippen MR) is 95.9 cm³/mol. The molecule has 0 radical (unpaired) electrons. The lowest BCUT2D eigenvalue weighted by atomic mass is 10.2. The fourth-order valence-electron chi connectivity index (χ4n) is 2.08. The lowest BCUT2D eigenvalue weighted by Crippen LogP contribution is -2.17. The first-order valence-corrected chi connectivity index (χ1v) is 7.89. The minimum atomic E-state index is -0.112. The van der Waals surface area contributed by atoms with Crippen molar-refractivity contribution < 1.29 is 9.53 Å². The van der Waals surface area contributed by atoms with Crippen LogP contribution in [0.3, 0.4) is 0 Å². The van der Waals surface area contributed by atoms with Crippen molar-refractivity contribution in [3.63, 3.8) is 0 Å². The smallest absolute Gasteiger partial charge is 0.226 e. The summed E-state index contributed by atoms with van der Waals surface area (Å²) in [7, 11) is 1.57. The lowest BCUT2D eigenvalue weighted by Gasteiger charge is -2.12. The van der Waals surface area contributed by atoms with E-state index in [1.54, 1.807) is 19.2 Å². The number of hydrogen-bond acceptors (Lipinski definition) is 3. The summed E-state index contributed by atoms with van der Waals surface area (Å²) >= 11 is 12.0. The predicted octanol–water partition coefficient (Wildman–Crippen LogP) is 4.75. The topological polar surface area (TPSA) is 50.4 Å². The summed E-state index contributed by atoms with van der Waals surface area (Å²) < 4.78 is 5.24. The summed E-state index contributed by atoms with van der Waals surface area (Å²) in [5, 5.41) is 6.88. The van der Waals surface area contributed by atoms with Crippen molar-refractivity contribution in [3.05, 3.63) is 52.0 Å². The maximum absolute atomic E-state index is 12.1. The minimum Gasteiger partial charge on any atom is -0.495 e. The molecule has 0 aliphatic heterocycles. The quantitative estimate of drug-likeness (QED) is 0.788. The molecule has 2 aromatic carbocycles. The molecule has 122 valence electrons. The molecule has 2 aromatic rings. The van der Waals surface area contributed by atoms with Gasteiger partial charge in [-0.1, -0.05) is 35.3 Å². The minimum absolute atomic E-state index is 0.112. The van der Waals surface area contributed by atoms with Crippen molar-refractivity contribution in [1.29, 1.82) is 0 Å². The number of anilines is 2. The number of aryl methyl sites for hydroxylation is 1. The molecule has 6 heteroatoms. The molecule has 0 heterocycles. The molecule has 0 aliphatic rings. The molecule has 2 rings (SSSR count). The molecule has 0 bridgehead atoms. The Balaban J connectivity index is 1.91. The van der Waals surface area contributed by atoms with Crippen LogP contribution >= 0.6 is 23.2 Å². The third-order valence-electron chi connectivity index (χ3n) is 3.25. The zero-order valence-corrected chi connectivity index (χ0v) is 14.5. The van der Waals surface area contributed by atoms with Gasteiger partial charge in [-0.05, 0) is 36.8 Å². The summed E-state index contributed by atoms with van der Waals surface area (Å²) in [6, 6.07) is 11.0. The van der Waals surface area contributed by atoms with E-state index in [0.29, 0.717) is 40.1 Å². The summed E-state index contributed by atoms with van der Waals surface area (Å²) in [5.74, 6) is 0.523. The summed E-state index contributed by atoms with van der Waals surface area (Å²) in [4.78, 5) is 12.1. The standard InChI is InChI=1S/C17H18Cl2N2O2/c1-11-6-7-15(23-2)14(10-11)21-16(22)8-9-20-13-5-3-4-12(18)17(13)19/h3-7,10,20H,8-9H2,1-2H3,(H,21,22). The molecule has 0 saturated heterocycles. The molecule has 4 nitrogen and oxygen atoms in total. The molecule has 0 atom stereocenters. The largest absolute Gasteiger partial charge is 0.495 e. The van der Waals surface area contributed by atoms with Crippen molar-refractivity contribution in [2.45, 2.75) is 13.3 Å². The number of benzene rings is 2. The number of halogens is 2. The number of carbonyl (C=O) groups is 1. The van der Waals surface area contributed by atoms with Gasteiger partial charge < -0.3 is 15.4 Å². The number of hydrogen-bond donors (Lipinski definition) is 2. The average molecular weight is 353 g/mol. The maximum atomic E-state index is 12.1. The fourth-order valence-corrected chi connectivity index (χ4v) is 2.45. The summed E-state index contributed by atoms with van der Waals surface area (Å²) in [6.45, 7) is 2.40. The van der Waals surface area contributed by atoms with Crippen LogP contribution in [0.15, 0.2) is 36.4 Å². The van der Waals surface area contributed by atoms with Gasteiger partial charge in [0.25, 0.3) is 0 Å². The molecule has 0 fully saturated rings. The van der Waals surface area contributed by atoms with Gasteiger partial charge in [0.15, 0.2) is 0 Å². The van der Waals surface area contributed by atoms with Gasteiger partial charge in [0.1, 0.15) is 5.75 Å². The molecule has 0 aliphatic carbocycles. The van der Waals surface area contributed by atoms with E-state index in [4.69, 9.17) is 27.9 Å². The summed E-state index contributed by atoms with van der Waals surface area (Å²) in [5.41, 5.74) is 2.42. The van der Waals surface area contributed by atoms with E-state index < -0.39 is 0 Å². The molecular weight excluding hydrogens is 335 g/mol. The Morgan fingerprint density at radius 3 is 2.70 bits per heavy atom. The van der Waals surface area contributed by atoms with Crippen molar-refractivity contribution >= 4 is 40.5 Å². The van der Waals surface area contributed by atoms with Gasteiger partial charge >= 0.3 is 0 Å². The zero-order valence-electron chi connectivity index (χ0n) is 13.0. The van der Waals surface area contributed by atoms with Gasteiger partial charge in [-0.25, -0.2) is 0 Å². The first-order valence-electron chi connectivity index (χ1n) is 7.13. The number of carbonyl (C=O) groups excluding carboxylic acids is 1. The molecular formula is C17H18Cl2N2O2. The Morgan fingerprint density at radius 2 is 1.96 bits per heavy atom. The Morgan fingerprint density at radius 1 is 1.17 bits per heavy atom. The van der Waals surface area contributed by atoms with Crippen LogP contribution < -0.4 is 15.4 Å². The van der Waals surface area contributed by atoms with Crippen LogP contribution in [0, 0.1) is 6.92 Å². The lowest BCUT2D eigenvalue weighted by molar-refractivity contribution is -0.115. The second kappa shape index (κ2) is 8.09. The number of nitrogens with one attached hydrogen (secondary N) is 2. The average Bonchev–Trinajstić information content (AvgIpc) is 2.52. The highest BCUT2D eigenvalue weighted by atomic mass is 35.5. The fraction of sp³-hybridized carbons (Fsp3) is 0.235. The highest BCUT2D eigenvalue weighted by Gasteiger charge is 2.09. The van der Waals surface area contributed by atoms with E-state index in [-0.39, 0.29) is 5.91 Å². The highest BCUT2D eigenvalue weighted by molar-refractivity contribution is 6.43. The van der Waals surface area contributed by atoms with E-state index in [2.05, 4.69) is 10.6 Å². The molecule has 0 spiro atoms. The van der Waals surface area contributed by atoms with Crippen LogP contribution in [-0.2, 0) is 4.79 Å². The molecule has 0 saturated carbocycles. The van der Waals surface area contributed by atoms with E-state index in [9.17, 15) is 4.79 Å². The molecule has 0 unspecified atom stereocenters. The van der Waals surface area contributed by atoms with Gasteiger partial charge in [-0.3, -0.25) is 4.79 Å². The maximum Gasteiger partial charge on any atom is 0.226 e. The highest BCUT2D eigenvalue weighted by Crippen LogP contribution is 2.29. The Kier molecular flexibility index (Phi) is 6.13. The normalized spacial score (nSPS) is 10.3. The van der Waals surface area contributed by atoms with Crippen LogP contribution in [0.5, 0.6) is 5.75 Å². The van der Waals surface area contributed by atoms with E-state index in [1.807, 2.05) is 31.2 Å². The van der Waals surface area contributed by atoms with Gasteiger partial charge in [0.05, 0.1) is 28.5 Å². The molecule has 1 amide bonds. The number of amides is 1. The van der Waals surface area contributed by atoms with Crippen LogP contribution in [0.25, 0.3) is 0 Å². The molecule has 0 aromatic heterocycles. The summed E-state index contributed by atoms with van der Waals surface area (Å²) in [6.07, 6.45) is 0.292. The van der Waals surface area contributed by atoms with Crippen molar-refractivity contribution in [2.75, 3.05) is 24.3 Å².